The van der Waals surface area contributed by atoms with E-state index in [0.717, 1.165) is 18.8 Å². The predicted molar refractivity (Wildman–Crippen MR) is 50.4 cm³/mol. The van der Waals surface area contributed by atoms with E-state index in [2.05, 4.69) is 10.1 Å². The van der Waals surface area contributed by atoms with Gasteiger partial charge < -0.3 is 10.1 Å². The van der Waals surface area contributed by atoms with Gasteiger partial charge in [0.25, 0.3) is 0 Å². The first-order chi connectivity index (χ1) is 5.83. The number of carbonyl (C=O) groups is 1. The standard InChI is InChI=1S/C8H15NO2S/c1-11-8(10)3-5-12-7-2-4-9-6-7/h7,9H,2-6H2,1H3. The molecule has 0 saturated carbocycles. The van der Waals surface area contributed by atoms with Crippen molar-refractivity contribution in [2.24, 2.45) is 0 Å². The molecule has 4 heteroatoms. The average molecular weight is 189 g/mol. The van der Waals surface area contributed by atoms with Gasteiger partial charge in [-0.05, 0) is 13.0 Å². The lowest BCUT2D eigenvalue weighted by Gasteiger charge is -2.06. The van der Waals surface area contributed by atoms with Gasteiger partial charge in [-0.15, -0.1) is 0 Å². The van der Waals surface area contributed by atoms with Crippen LogP contribution in [-0.2, 0) is 9.53 Å². The van der Waals surface area contributed by atoms with Crippen LogP contribution in [0.2, 0.25) is 0 Å². The van der Waals surface area contributed by atoms with Crippen molar-refractivity contribution in [1.29, 1.82) is 0 Å². The summed E-state index contributed by atoms with van der Waals surface area (Å²) in [6, 6.07) is 0. The van der Waals surface area contributed by atoms with Gasteiger partial charge in [-0.25, -0.2) is 0 Å². The normalized spacial score (nSPS) is 22.6. The number of hydrogen-bond donors (Lipinski definition) is 1. The highest BCUT2D eigenvalue weighted by Gasteiger charge is 2.14. The summed E-state index contributed by atoms with van der Waals surface area (Å²) in [5, 5.41) is 3.99. The summed E-state index contributed by atoms with van der Waals surface area (Å²) in [6.07, 6.45) is 1.77. The third-order valence-electron chi connectivity index (χ3n) is 1.90. The van der Waals surface area contributed by atoms with Gasteiger partial charge in [0.05, 0.1) is 13.5 Å². The van der Waals surface area contributed by atoms with Crippen LogP contribution >= 0.6 is 11.8 Å². The van der Waals surface area contributed by atoms with Crippen molar-refractivity contribution >= 4 is 17.7 Å². The number of thioether (sulfide) groups is 1. The van der Waals surface area contributed by atoms with Crippen molar-refractivity contribution in [3.63, 3.8) is 0 Å². The van der Waals surface area contributed by atoms with Crippen LogP contribution < -0.4 is 5.32 Å². The Morgan fingerprint density at radius 2 is 2.58 bits per heavy atom. The van der Waals surface area contributed by atoms with E-state index in [0.29, 0.717) is 11.7 Å². The Morgan fingerprint density at radius 1 is 1.75 bits per heavy atom. The molecule has 1 unspecified atom stereocenters. The first-order valence-corrected chi connectivity index (χ1v) is 5.27. The molecular weight excluding hydrogens is 174 g/mol. The molecule has 0 aliphatic carbocycles. The fraction of sp³-hybridized carbons (Fsp3) is 0.875. The number of carbonyl (C=O) groups excluding carboxylic acids is 1. The highest BCUT2D eigenvalue weighted by Crippen LogP contribution is 2.17. The van der Waals surface area contributed by atoms with E-state index in [1.54, 1.807) is 0 Å². The Labute approximate surface area is 77.2 Å². The lowest BCUT2D eigenvalue weighted by atomic mass is 10.4. The molecule has 1 rings (SSSR count). The molecule has 0 bridgehead atoms. The van der Waals surface area contributed by atoms with Gasteiger partial charge in [0.2, 0.25) is 0 Å². The van der Waals surface area contributed by atoms with Crippen LogP contribution in [0.3, 0.4) is 0 Å². The maximum Gasteiger partial charge on any atom is 0.306 e. The summed E-state index contributed by atoms with van der Waals surface area (Å²) in [7, 11) is 1.43. The lowest BCUT2D eigenvalue weighted by Crippen LogP contribution is -2.11. The maximum absolute atomic E-state index is 10.7. The Bertz CT molecular complexity index is 146. The van der Waals surface area contributed by atoms with E-state index in [-0.39, 0.29) is 5.97 Å². The van der Waals surface area contributed by atoms with E-state index in [9.17, 15) is 4.79 Å². The zero-order chi connectivity index (χ0) is 8.81. The number of ether oxygens (including phenoxy) is 1. The molecule has 3 nitrogen and oxygen atoms in total. The van der Waals surface area contributed by atoms with E-state index in [4.69, 9.17) is 0 Å². The molecule has 1 aliphatic heterocycles. The zero-order valence-corrected chi connectivity index (χ0v) is 8.15. The summed E-state index contributed by atoms with van der Waals surface area (Å²) in [6.45, 7) is 2.21. The van der Waals surface area contributed by atoms with E-state index < -0.39 is 0 Å². The molecule has 1 aliphatic rings. The van der Waals surface area contributed by atoms with Crippen molar-refractivity contribution < 1.29 is 9.53 Å². The van der Waals surface area contributed by atoms with E-state index >= 15 is 0 Å². The number of methoxy groups -OCH3 is 1. The van der Waals surface area contributed by atoms with Crippen LogP contribution in [-0.4, -0.2) is 37.2 Å². The van der Waals surface area contributed by atoms with Crippen molar-refractivity contribution in [3.8, 4) is 0 Å². The van der Waals surface area contributed by atoms with Crippen LogP contribution in [0.25, 0.3) is 0 Å². The molecule has 1 N–H and O–H groups in total. The van der Waals surface area contributed by atoms with Gasteiger partial charge in [0.1, 0.15) is 0 Å². The summed E-state index contributed by atoms with van der Waals surface area (Å²) in [5.74, 6) is 0.785. The highest BCUT2D eigenvalue weighted by atomic mass is 32.2. The monoisotopic (exact) mass is 189 g/mol. The van der Waals surface area contributed by atoms with Crippen molar-refractivity contribution in [3.05, 3.63) is 0 Å². The molecule has 70 valence electrons. The minimum Gasteiger partial charge on any atom is -0.469 e. The quantitative estimate of drug-likeness (QED) is 0.659. The number of nitrogens with one attached hydrogen (secondary N) is 1. The topological polar surface area (TPSA) is 38.3 Å². The second kappa shape index (κ2) is 5.43. The van der Waals surface area contributed by atoms with Gasteiger partial charge in [-0.1, -0.05) is 0 Å². The van der Waals surface area contributed by atoms with Gasteiger partial charge >= 0.3 is 5.97 Å². The molecule has 1 heterocycles. The molecular formula is C8H15NO2S. The Kier molecular flexibility index (Phi) is 4.46. The van der Waals surface area contributed by atoms with Gasteiger partial charge in [0.15, 0.2) is 0 Å². The molecule has 1 saturated heterocycles. The molecule has 0 aromatic carbocycles. The minimum atomic E-state index is -0.103. The molecule has 1 atom stereocenters. The molecule has 12 heavy (non-hydrogen) atoms. The third-order valence-corrected chi connectivity index (χ3v) is 3.22. The average Bonchev–Trinajstić information content (AvgIpc) is 2.57. The lowest BCUT2D eigenvalue weighted by molar-refractivity contribution is -0.140. The largest absolute Gasteiger partial charge is 0.469 e. The molecule has 0 amide bonds. The Balaban J connectivity index is 1.97. The van der Waals surface area contributed by atoms with Crippen LogP contribution in [0.15, 0.2) is 0 Å². The second-order valence-corrected chi connectivity index (χ2v) is 4.22. The van der Waals surface area contributed by atoms with Gasteiger partial charge in [-0.2, -0.15) is 11.8 Å². The zero-order valence-electron chi connectivity index (χ0n) is 7.34. The number of esters is 1. The van der Waals surface area contributed by atoms with E-state index in [1.165, 1.54) is 13.5 Å². The van der Waals surface area contributed by atoms with Crippen LogP contribution in [0.5, 0.6) is 0 Å². The first-order valence-electron chi connectivity index (χ1n) is 4.22. The smallest absolute Gasteiger partial charge is 0.306 e. The van der Waals surface area contributed by atoms with Gasteiger partial charge in [0, 0.05) is 17.5 Å². The summed E-state index contributed by atoms with van der Waals surface area (Å²) >= 11 is 1.86. The summed E-state index contributed by atoms with van der Waals surface area (Å²) in [4.78, 5) is 10.7. The SMILES string of the molecule is COC(=O)CCSC1CCNC1. The fourth-order valence-corrected chi connectivity index (χ4v) is 2.32. The Morgan fingerprint density at radius 3 is 3.17 bits per heavy atom. The minimum absolute atomic E-state index is 0.103. The Hall–Kier alpha value is -0.220. The van der Waals surface area contributed by atoms with Crippen molar-refractivity contribution in [2.45, 2.75) is 18.1 Å². The van der Waals surface area contributed by atoms with Gasteiger partial charge in [-0.3, -0.25) is 4.79 Å². The number of hydrogen-bond acceptors (Lipinski definition) is 4. The molecule has 0 spiro atoms. The highest BCUT2D eigenvalue weighted by molar-refractivity contribution is 7.99. The third kappa shape index (κ3) is 3.45. The molecule has 0 aromatic heterocycles. The molecule has 0 radical (unpaired) electrons. The molecule has 1 fully saturated rings. The predicted octanol–water partition coefficient (Wildman–Crippen LogP) is 0.645. The second-order valence-electron chi connectivity index (χ2n) is 2.81. The van der Waals surface area contributed by atoms with Crippen LogP contribution in [0.4, 0.5) is 0 Å². The first kappa shape index (κ1) is 9.86. The van der Waals surface area contributed by atoms with E-state index in [1.807, 2.05) is 11.8 Å². The van der Waals surface area contributed by atoms with Crippen molar-refractivity contribution in [1.82, 2.24) is 5.32 Å². The van der Waals surface area contributed by atoms with Crippen LogP contribution in [0, 0.1) is 0 Å². The fourth-order valence-electron chi connectivity index (χ4n) is 1.18. The molecule has 0 aromatic rings. The number of rotatable bonds is 4. The summed E-state index contributed by atoms with van der Waals surface area (Å²) < 4.78 is 4.55. The van der Waals surface area contributed by atoms with Crippen molar-refractivity contribution in [2.75, 3.05) is 26.0 Å². The van der Waals surface area contributed by atoms with Crippen LogP contribution in [0.1, 0.15) is 12.8 Å². The summed E-state index contributed by atoms with van der Waals surface area (Å²) in [5.41, 5.74) is 0. The maximum atomic E-state index is 10.7.